The van der Waals surface area contributed by atoms with Crippen molar-refractivity contribution >= 4 is 107 Å². The maximum absolute atomic E-state index is 13.1. The summed E-state index contributed by atoms with van der Waals surface area (Å²) < 4.78 is 177. The van der Waals surface area contributed by atoms with Crippen molar-refractivity contribution in [2.24, 2.45) is 21.1 Å². The van der Waals surface area contributed by atoms with Crippen LogP contribution in [0.3, 0.4) is 0 Å². The van der Waals surface area contributed by atoms with Crippen molar-refractivity contribution in [3.63, 3.8) is 0 Å². The molecule has 1 saturated heterocycles. The first kappa shape index (κ1) is 50.8. The monoisotopic (exact) mass is 1060 g/mol. The molecule has 71 heavy (non-hydrogen) atoms. The molecule has 3 atom stereocenters. The van der Waals surface area contributed by atoms with Crippen LogP contribution in [0.2, 0.25) is 0 Å². The van der Waals surface area contributed by atoms with E-state index in [4.69, 9.17) is 5.73 Å². The fraction of sp³-hybridized carbons (Fsp3) is 0.196. The van der Waals surface area contributed by atoms with E-state index < -0.39 is 95.2 Å². The molecule has 1 heterocycles. The molecule has 18 nitrogen and oxygen atoms in total. The zero-order valence-electron chi connectivity index (χ0n) is 36.9. The number of azo groups is 1. The van der Waals surface area contributed by atoms with Gasteiger partial charge in [-0.1, -0.05) is 38.1 Å². The number of benzene rings is 7. The molecular weight excluding hydrogens is 1020 g/mol. The number of hydrogen-bond acceptors (Lipinski definition) is 14. The summed E-state index contributed by atoms with van der Waals surface area (Å²) in [5, 5.41) is 21.1. The fourth-order valence-electron chi connectivity index (χ4n) is 8.56. The van der Waals surface area contributed by atoms with Gasteiger partial charge in [0.05, 0.1) is 44.1 Å². The van der Waals surface area contributed by atoms with Gasteiger partial charge in [-0.05, 0) is 125 Å². The number of anilines is 2. The van der Waals surface area contributed by atoms with Crippen LogP contribution in [0.25, 0.3) is 32.3 Å². The van der Waals surface area contributed by atoms with E-state index in [0.29, 0.717) is 34.6 Å². The van der Waals surface area contributed by atoms with Crippen molar-refractivity contribution in [3.05, 3.63) is 120 Å². The van der Waals surface area contributed by atoms with Gasteiger partial charge >= 0.3 is 6.18 Å². The number of rotatable bonds is 14. The summed E-state index contributed by atoms with van der Waals surface area (Å²) in [4.78, 5) is 3.74. The van der Waals surface area contributed by atoms with E-state index in [-0.39, 0.29) is 51.4 Å². The molecule has 7 N–H and O–H groups in total. The molecule has 1 aliphatic heterocycles. The minimum absolute atomic E-state index is 0.0835. The Hall–Kier alpha value is -6.58. The highest BCUT2D eigenvalue weighted by atomic mass is 32.2. The van der Waals surface area contributed by atoms with E-state index in [1.807, 2.05) is 13.0 Å². The van der Waals surface area contributed by atoms with Gasteiger partial charge < -0.3 is 15.7 Å². The summed E-state index contributed by atoms with van der Waals surface area (Å²) in [6.07, 6.45) is -2.19. The van der Waals surface area contributed by atoms with Gasteiger partial charge in [0, 0.05) is 34.8 Å². The van der Waals surface area contributed by atoms with E-state index in [0.717, 1.165) is 54.1 Å². The van der Waals surface area contributed by atoms with Crippen LogP contribution < -0.4 is 10.6 Å². The number of hydrogen-bond donors (Lipinski definition) is 6. The van der Waals surface area contributed by atoms with Gasteiger partial charge in [-0.25, -0.2) is 0 Å². The number of phenolic OH excluding ortho intramolecular Hbond substituents is 1. The van der Waals surface area contributed by atoms with Crippen LogP contribution in [0.15, 0.2) is 138 Å². The Labute approximate surface area is 404 Å². The lowest BCUT2D eigenvalue weighted by molar-refractivity contribution is -0.137. The summed E-state index contributed by atoms with van der Waals surface area (Å²) in [5.41, 5.74) is 6.22. The van der Waals surface area contributed by atoms with Crippen molar-refractivity contribution < 1.29 is 70.2 Å². The Kier molecular flexibility index (Phi) is 13.0. The maximum Gasteiger partial charge on any atom is 0.416 e. The zero-order chi connectivity index (χ0) is 51.7. The molecule has 1 fully saturated rings. The van der Waals surface area contributed by atoms with E-state index >= 15 is 0 Å². The molecule has 372 valence electrons. The molecule has 0 aromatic heterocycles. The number of aliphatic imine (C=N–C) groups is 1. The first-order valence-corrected chi connectivity index (χ1v) is 26.8. The number of aromatic hydroxyl groups is 1. The number of nitrogen functional groups attached to an aromatic ring is 1. The molecule has 0 spiro atoms. The van der Waals surface area contributed by atoms with E-state index in [9.17, 15) is 70.2 Å². The van der Waals surface area contributed by atoms with Crippen LogP contribution in [0.5, 0.6) is 5.75 Å². The molecule has 25 heteroatoms. The highest BCUT2D eigenvalue weighted by Crippen LogP contribution is 2.50. The van der Waals surface area contributed by atoms with Crippen LogP contribution in [-0.4, -0.2) is 75.8 Å². The van der Waals surface area contributed by atoms with Gasteiger partial charge in [-0.15, -0.1) is 5.11 Å². The first-order chi connectivity index (χ1) is 33.0. The summed E-state index contributed by atoms with van der Waals surface area (Å²) in [5.74, 6) is -1.32. The number of phenols is 1. The van der Waals surface area contributed by atoms with Crippen molar-refractivity contribution in [1.82, 2.24) is 0 Å². The normalized spacial score (nSPS) is 15.9. The number of alkyl halides is 3. The quantitative estimate of drug-likeness (QED) is 0.0194. The molecule has 8 rings (SSSR count). The van der Waals surface area contributed by atoms with Gasteiger partial charge in [-0.3, -0.25) is 23.2 Å². The van der Waals surface area contributed by atoms with Gasteiger partial charge in [0.2, 0.25) is 0 Å². The lowest BCUT2D eigenvalue weighted by Gasteiger charge is -2.21. The van der Waals surface area contributed by atoms with Gasteiger partial charge in [0.15, 0.2) is 0 Å². The fourth-order valence-corrected chi connectivity index (χ4v) is 10.9. The summed E-state index contributed by atoms with van der Waals surface area (Å²) >= 11 is 0. The van der Waals surface area contributed by atoms with Crippen LogP contribution in [0.1, 0.15) is 42.9 Å². The largest absolute Gasteiger partial charge is 0.505 e. The average Bonchev–Trinajstić information content (AvgIpc) is 4.07. The SMILES string of the molecule is CC(CC=Nc1ccc(N=Nc2ccc(C(F)(F)F)cc2)c2ccc(S(=O)(=O)O)cc12)Cc1ccc(C(C)C2CN2c2c(S(=O)(=O)O)cc3cc(S(=O)(=O)O)c(N)cc3c2O)c2cc(S(=O)(=O)O)ccc12. The molecule has 0 radical (unpaired) electrons. The van der Waals surface area contributed by atoms with Gasteiger partial charge in [-0.2, -0.15) is 52.0 Å². The zero-order valence-corrected chi connectivity index (χ0v) is 40.1. The molecule has 3 unspecified atom stereocenters. The molecule has 7 aromatic carbocycles. The lowest BCUT2D eigenvalue weighted by atomic mass is 9.87. The van der Waals surface area contributed by atoms with Gasteiger partial charge in [0.25, 0.3) is 40.5 Å². The van der Waals surface area contributed by atoms with Crippen LogP contribution in [-0.2, 0) is 53.1 Å². The highest BCUT2D eigenvalue weighted by molar-refractivity contribution is 7.86. The van der Waals surface area contributed by atoms with Crippen LogP contribution >= 0.6 is 0 Å². The van der Waals surface area contributed by atoms with Gasteiger partial charge in [0.1, 0.15) is 21.2 Å². The highest BCUT2D eigenvalue weighted by Gasteiger charge is 2.44. The van der Waals surface area contributed by atoms with Crippen molar-refractivity contribution in [1.29, 1.82) is 0 Å². The molecular formula is C46H40F3N5O13S4. The Morgan fingerprint density at radius 2 is 1.27 bits per heavy atom. The third-order valence-corrected chi connectivity index (χ3v) is 15.6. The van der Waals surface area contributed by atoms with Crippen LogP contribution in [0.4, 0.5) is 41.6 Å². The minimum atomic E-state index is -5.07. The summed E-state index contributed by atoms with van der Waals surface area (Å²) in [6.45, 7) is 3.82. The second-order valence-corrected chi connectivity index (χ2v) is 22.6. The number of nitrogens with two attached hydrogens (primary N) is 1. The van der Waals surface area contributed by atoms with Crippen molar-refractivity contribution in [2.45, 2.75) is 64.4 Å². The van der Waals surface area contributed by atoms with Crippen molar-refractivity contribution in [3.8, 4) is 5.75 Å². The second kappa shape index (κ2) is 18.2. The standard InChI is InChI=1S/C46H40F3N5O13S4/c1-24(15-16-51-39-13-14-40(34-12-9-31(21-37(34)39)69(59,60)61)53-52-29-6-4-28(5-7-29)46(47,48)49)17-26-3-10-32(36-20-30(68(56,57)58)8-11-33(26)36)25(2)41-23-54(41)44-43(71(65,66)67)19-27-18-42(70(62,63)64)38(50)22-35(27)45(44)55/h3-14,16,18-22,24-25,41,55H,15,17,23,50H2,1-2H3,(H,56,57,58)(H,59,60,61)(H,62,63,64)(H,65,66,67). The minimum Gasteiger partial charge on any atom is -0.505 e. The average molecular weight is 1060 g/mol. The Morgan fingerprint density at radius 3 is 1.87 bits per heavy atom. The predicted molar refractivity (Wildman–Crippen MR) is 258 cm³/mol. The molecule has 0 bridgehead atoms. The number of nitrogens with zero attached hydrogens (tertiary/aromatic N) is 4. The van der Waals surface area contributed by atoms with Crippen molar-refractivity contribution in [2.75, 3.05) is 17.2 Å². The van der Waals surface area contributed by atoms with E-state index in [2.05, 4.69) is 15.2 Å². The molecule has 7 aromatic rings. The smallest absolute Gasteiger partial charge is 0.416 e. The Morgan fingerprint density at radius 1 is 0.676 bits per heavy atom. The third-order valence-electron chi connectivity index (χ3n) is 12.2. The third kappa shape index (κ3) is 10.6. The maximum atomic E-state index is 13.1. The van der Waals surface area contributed by atoms with E-state index in [1.54, 1.807) is 25.3 Å². The lowest BCUT2D eigenvalue weighted by Crippen LogP contribution is -2.13. The number of halogens is 3. The topological polar surface area (TPSA) is 304 Å². The molecule has 1 aliphatic rings. The second-order valence-electron chi connectivity index (χ2n) is 17.0. The molecule has 0 aliphatic carbocycles. The number of fused-ring (bicyclic) bond motifs is 3. The summed E-state index contributed by atoms with van der Waals surface area (Å²) in [6, 6.07) is 20.8. The summed E-state index contributed by atoms with van der Waals surface area (Å²) in [7, 11) is -19.3. The molecule has 0 saturated carbocycles. The predicted octanol–water partition coefficient (Wildman–Crippen LogP) is 9.82. The first-order valence-electron chi connectivity index (χ1n) is 21.0. The van der Waals surface area contributed by atoms with E-state index in [1.165, 1.54) is 41.3 Å². The Bertz CT molecular complexity index is 3880. The van der Waals surface area contributed by atoms with Crippen LogP contribution in [0, 0.1) is 5.92 Å². The Balaban J connectivity index is 1.07. The molecule has 0 amide bonds.